The van der Waals surface area contributed by atoms with E-state index in [1.807, 2.05) is 19.1 Å². The summed E-state index contributed by atoms with van der Waals surface area (Å²) in [6.45, 7) is 3.49. The number of nitrogens with one attached hydrogen (secondary N) is 2. The summed E-state index contributed by atoms with van der Waals surface area (Å²) in [5.41, 5.74) is 3.94. The van der Waals surface area contributed by atoms with Crippen molar-refractivity contribution in [1.82, 2.24) is 9.97 Å². The molecule has 2 heterocycles. The Hall–Kier alpha value is -3.07. The van der Waals surface area contributed by atoms with Gasteiger partial charge in [0.15, 0.2) is 0 Å². The fourth-order valence-electron chi connectivity index (χ4n) is 3.49. The van der Waals surface area contributed by atoms with Crippen molar-refractivity contribution in [2.24, 2.45) is 0 Å². The molecule has 0 saturated carbocycles. The summed E-state index contributed by atoms with van der Waals surface area (Å²) in [6.07, 6.45) is 0.720. The number of hydrogen-bond donors (Lipinski definition) is 2. The van der Waals surface area contributed by atoms with Gasteiger partial charge in [0.1, 0.15) is 17.3 Å². The second-order valence-electron chi connectivity index (χ2n) is 6.78. The molecule has 1 aliphatic rings. The summed E-state index contributed by atoms with van der Waals surface area (Å²) < 4.78 is 33.9. The summed E-state index contributed by atoms with van der Waals surface area (Å²) in [6, 6.07) is 8.58. The topological polar surface area (TPSA) is 110 Å². The number of anilines is 1. The Morgan fingerprint density at radius 1 is 1.17 bits per heavy atom. The third-order valence-corrected chi connectivity index (χ3v) is 6.17. The van der Waals surface area contributed by atoms with Crippen LogP contribution in [0.1, 0.15) is 31.7 Å². The molecule has 1 aliphatic heterocycles. The second-order valence-corrected chi connectivity index (χ2v) is 8.64. The van der Waals surface area contributed by atoms with Crippen LogP contribution in [0, 0.1) is 0 Å². The predicted molar refractivity (Wildman–Crippen MR) is 110 cm³/mol. The molecule has 1 unspecified atom stereocenters. The largest absolute Gasteiger partial charge is 0.496 e. The molecule has 4 rings (SSSR count). The zero-order valence-corrected chi connectivity index (χ0v) is 17.1. The molecule has 0 aliphatic carbocycles. The number of benzene rings is 2. The normalized spacial score (nSPS) is 16.0. The van der Waals surface area contributed by atoms with Crippen LogP contribution in [0.2, 0.25) is 0 Å². The van der Waals surface area contributed by atoms with Crippen LogP contribution in [0.4, 0.5) is 5.69 Å². The number of H-pyrrole nitrogens is 1. The molecule has 0 fully saturated rings. The zero-order valence-electron chi connectivity index (χ0n) is 16.3. The van der Waals surface area contributed by atoms with Crippen molar-refractivity contribution in [3.63, 3.8) is 0 Å². The van der Waals surface area contributed by atoms with Crippen LogP contribution >= 0.6 is 0 Å². The van der Waals surface area contributed by atoms with Gasteiger partial charge in [-0.15, -0.1) is 0 Å². The highest BCUT2D eigenvalue weighted by Gasteiger charge is 2.30. The van der Waals surface area contributed by atoms with E-state index in [-0.39, 0.29) is 23.3 Å². The van der Waals surface area contributed by atoms with E-state index in [4.69, 9.17) is 8.92 Å². The van der Waals surface area contributed by atoms with Crippen LogP contribution in [0.25, 0.3) is 22.4 Å². The lowest BCUT2D eigenvalue weighted by Gasteiger charge is -2.10. The van der Waals surface area contributed by atoms with Crippen molar-refractivity contribution in [3.8, 4) is 22.9 Å². The van der Waals surface area contributed by atoms with E-state index in [0.29, 0.717) is 17.1 Å². The van der Waals surface area contributed by atoms with E-state index >= 15 is 0 Å². The van der Waals surface area contributed by atoms with Crippen molar-refractivity contribution in [3.05, 3.63) is 35.9 Å². The average molecular weight is 415 g/mol. The molecule has 3 aromatic rings. The number of imidazole rings is 1. The summed E-state index contributed by atoms with van der Waals surface area (Å²) in [5.74, 6) is 0.900. The third kappa shape index (κ3) is 3.42. The van der Waals surface area contributed by atoms with Crippen molar-refractivity contribution >= 4 is 32.7 Å². The molecule has 152 valence electrons. The number of fused-ring (bicyclic) bond motifs is 2. The van der Waals surface area contributed by atoms with Gasteiger partial charge in [0, 0.05) is 11.8 Å². The molecule has 0 saturated heterocycles. The molecule has 0 spiro atoms. The number of carbonyl (C=O) groups excluding carboxylic acids is 1. The predicted octanol–water partition coefficient (Wildman–Crippen LogP) is 3.41. The Morgan fingerprint density at radius 2 is 1.97 bits per heavy atom. The van der Waals surface area contributed by atoms with E-state index in [2.05, 4.69) is 15.3 Å². The molecule has 0 radical (unpaired) electrons. The van der Waals surface area contributed by atoms with E-state index in [0.717, 1.165) is 28.7 Å². The monoisotopic (exact) mass is 415 g/mol. The van der Waals surface area contributed by atoms with Crippen molar-refractivity contribution < 1.29 is 22.1 Å². The Bertz CT molecular complexity index is 1220. The lowest BCUT2D eigenvalue weighted by Crippen LogP contribution is -2.11. The van der Waals surface area contributed by atoms with E-state index in [1.165, 1.54) is 20.1 Å². The van der Waals surface area contributed by atoms with E-state index < -0.39 is 10.1 Å². The van der Waals surface area contributed by atoms with Gasteiger partial charge in [-0.05, 0) is 43.2 Å². The number of methoxy groups -OCH3 is 1. The Balaban J connectivity index is 1.74. The van der Waals surface area contributed by atoms with Gasteiger partial charge in [0.2, 0.25) is 5.91 Å². The highest BCUT2D eigenvalue weighted by molar-refractivity contribution is 7.87. The SMILES string of the molecule is CCC1C(=O)Nc2cc3[nH]c(-c4ccc(OS(=O)(=O)CC)cc4OC)nc3cc21. The van der Waals surface area contributed by atoms with Gasteiger partial charge < -0.3 is 19.2 Å². The lowest BCUT2D eigenvalue weighted by atomic mass is 9.98. The van der Waals surface area contributed by atoms with E-state index in [9.17, 15) is 13.2 Å². The maximum Gasteiger partial charge on any atom is 0.308 e. The van der Waals surface area contributed by atoms with Crippen LogP contribution in [0.15, 0.2) is 30.3 Å². The maximum atomic E-state index is 12.1. The molecule has 1 atom stereocenters. The molecular weight excluding hydrogens is 394 g/mol. The first-order valence-electron chi connectivity index (χ1n) is 9.30. The van der Waals surface area contributed by atoms with Crippen molar-refractivity contribution in [2.45, 2.75) is 26.2 Å². The van der Waals surface area contributed by atoms with Crippen LogP contribution in [-0.2, 0) is 14.9 Å². The van der Waals surface area contributed by atoms with Crippen LogP contribution in [0.5, 0.6) is 11.5 Å². The maximum absolute atomic E-state index is 12.1. The fraction of sp³-hybridized carbons (Fsp3) is 0.300. The number of amides is 1. The van der Waals surface area contributed by atoms with Crippen molar-refractivity contribution in [2.75, 3.05) is 18.2 Å². The van der Waals surface area contributed by atoms with Gasteiger partial charge in [-0.1, -0.05) is 6.92 Å². The van der Waals surface area contributed by atoms with Crippen LogP contribution in [0.3, 0.4) is 0 Å². The van der Waals surface area contributed by atoms with Gasteiger partial charge in [0.05, 0.1) is 35.4 Å². The first kappa shape index (κ1) is 19.3. The quantitative estimate of drug-likeness (QED) is 0.597. The third-order valence-electron chi connectivity index (χ3n) is 5.02. The molecule has 0 bridgehead atoms. The molecule has 1 amide bonds. The standard InChI is InChI=1S/C20H21N3O5S/c1-4-12-14-9-16-17(10-15(14)23-20(12)24)22-19(21-16)13-7-6-11(8-18(13)27-3)28-29(25,26)5-2/h6-10,12H,4-5H2,1-3H3,(H,21,22)(H,23,24). The minimum Gasteiger partial charge on any atom is -0.496 e. The number of ether oxygens (including phenoxy) is 1. The lowest BCUT2D eigenvalue weighted by molar-refractivity contribution is -0.117. The van der Waals surface area contributed by atoms with Gasteiger partial charge in [-0.3, -0.25) is 4.79 Å². The highest BCUT2D eigenvalue weighted by Crippen LogP contribution is 2.39. The Labute approximate surface area is 168 Å². The van der Waals surface area contributed by atoms with Crippen LogP contribution in [-0.4, -0.2) is 37.2 Å². The van der Waals surface area contributed by atoms with E-state index in [1.54, 1.807) is 12.1 Å². The number of rotatable bonds is 6. The Kier molecular flexibility index (Phi) is 4.70. The average Bonchev–Trinajstić information content (AvgIpc) is 3.24. The fourth-order valence-corrected chi connectivity index (χ4v) is 4.00. The van der Waals surface area contributed by atoms with Gasteiger partial charge in [0.25, 0.3) is 0 Å². The number of hydrogen-bond acceptors (Lipinski definition) is 6. The molecule has 1 aromatic heterocycles. The Morgan fingerprint density at radius 3 is 2.66 bits per heavy atom. The molecule has 29 heavy (non-hydrogen) atoms. The number of nitrogens with zero attached hydrogens (tertiary/aromatic N) is 1. The molecule has 2 aromatic carbocycles. The molecule has 9 heteroatoms. The van der Waals surface area contributed by atoms with Gasteiger partial charge in [-0.2, -0.15) is 8.42 Å². The number of carbonyl (C=O) groups is 1. The first-order chi connectivity index (χ1) is 13.8. The van der Waals surface area contributed by atoms with Gasteiger partial charge >= 0.3 is 10.1 Å². The minimum atomic E-state index is -3.63. The minimum absolute atomic E-state index is 0.00895. The van der Waals surface area contributed by atoms with Crippen molar-refractivity contribution in [1.29, 1.82) is 0 Å². The smallest absolute Gasteiger partial charge is 0.308 e. The summed E-state index contributed by atoms with van der Waals surface area (Å²) >= 11 is 0. The summed E-state index contributed by atoms with van der Waals surface area (Å²) in [7, 11) is -2.13. The summed E-state index contributed by atoms with van der Waals surface area (Å²) in [5, 5.41) is 2.91. The molecule has 8 nitrogen and oxygen atoms in total. The number of aromatic amines is 1. The molecular formula is C20H21N3O5S. The first-order valence-corrected chi connectivity index (χ1v) is 10.9. The summed E-state index contributed by atoms with van der Waals surface area (Å²) in [4.78, 5) is 20.0. The van der Waals surface area contributed by atoms with Gasteiger partial charge in [-0.25, -0.2) is 4.98 Å². The number of aromatic nitrogens is 2. The van der Waals surface area contributed by atoms with Crippen LogP contribution < -0.4 is 14.2 Å². The zero-order chi connectivity index (χ0) is 20.8. The molecule has 2 N–H and O–H groups in total. The second kappa shape index (κ2) is 7.07. The highest BCUT2D eigenvalue weighted by atomic mass is 32.2.